The van der Waals surface area contributed by atoms with Crippen LogP contribution in [0.25, 0.3) is 0 Å². The molecule has 2 aromatic carbocycles. The number of halogens is 2. The zero-order valence-electron chi connectivity index (χ0n) is 12.5. The minimum Gasteiger partial charge on any atom is -0.326 e. The summed E-state index contributed by atoms with van der Waals surface area (Å²) in [5.41, 5.74) is 1.47. The van der Waals surface area contributed by atoms with Crippen molar-refractivity contribution in [2.24, 2.45) is 0 Å². The third kappa shape index (κ3) is 4.98. The average Bonchev–Trinajstić information content (AvgIpc) is 2.50. The standard InChI is InChI=1S/C17H16Cl2N2O2/c1-2-4-16(22)20-12-5-3-6-13(10-12)21-17(23)14-9-11(18)7-8-15(14)19/h3,5-10H,2,4H2,1H3,(H,20,22)(H,21,23). The van der Waals surface area contributed by atoms with Gasteiger partial charge in [0.1, 0.15) is 0 Å². The Morgan fingerprint density at radius 1 is 1.00 bits per heavy atom. The molecule has 0 aliphatic heterocycles. The van der Waals surface area contributed by atoms with E-state index in [1.54, 1.807) is 36.4 Å². The molecule has 0 spiro atoms. The Labute approximate surface area is 144 Å². The van der Waals surface area contributed by atoms with Gasteiger partial charge in [0, 0.05) is 22.8 Å². The van der Waals surface area contributed by atoms with Crippen LogP contribution >= 0.6 is 23.2 Å². The summed E-state index contributed by atoms with van der Waals surface area (Å²) in [4.78, 5) is 23.9. The van der Waals surface area contributed by atoms with Crippen molar-refractivity contribution in [3.63, 3.8) is 0 Å². The van der Waals surface area contributed by atoms with Crippen LogP contribution in [0.4, 0.5) is 11.4 Å². The quantitative estimate of drug-likeness (QED) is 0.798. The topological polar surface area (TPSA) is 58.2 Å². The molecule has 0 atom stereocenters. The van der Waals surface area contributed by atoms with Crippen molar-refractivity contribution in [2.45, 2.75) is 19.8 Å². The molecule has 4 nitrogen and oxygen atoms in total. The number of hydrogen-bond acceptors (Lipinski definition) is 2. The first-order valence-corrected chi connectivity index (χ1v) is 7.91. The van der Waals surface area contributed by atoms with Gasteiger partial charge in [0.25, 0.3) is 5.91 Å². The molecule has 6 heteroatoms. The fourth-order valence-electron chi connectivity index (χ4n) is 2.00. The lowest BCUT2D eigenvalue weighted by molar-refractivity contribution is -0.116. The minimum absolute atomic E-state index is 0.0612. The van der Waals surface area contributed by atoms with Crippen molar-refractivity contribution in [3.05, 3.63) is 58.1 Å². The maximum absolute atomic E-state index is 12.3. The molecule has 0 bridgehead atoms. The predicted molar refractivity (Wildman–Crippen MR) is 94.4 cm³/mol. The largest absolute Gasteiger partial charge is 0.326 e. The smallest absolute Gasteiger partial charge is 0.257 e. The number of nitrogens with one attached hydrogen (secondary N) is 2. The van der Waals surface area contributed by atoms with E-state index in [4.69, 9.17) is 23.2 Å². The van der Waals surface area contributed by atoms with Crippen molar-refractivity contribution in [1.82, 2.24) is 0 Å². The second-order valence-corrected chi connectivity index (χ2v) is 5.80. The number of hydrogen-bond donors (Lipinski definition) is 2. The molecular weight excluding hydrogens is 335 g/mol. The number of carbonyl (C=O) groups excluding carboxylic acids is 2. The summed E-state index contributed by atoms with van der Waals surface area (Å²) in [6, 6.07) is 11.6. The van der Waals surface area contributed by atoms with E-state index in [9.17, 15) is 9.59 Å². The number of benzene rings is 2. The molecule has 0 fully saturated rings. The highest BCUT2D eigenvalue weighted by molar-refractivity contribution is 6.36. The van der Waals surface area contributed by atoms with Crippen LogP contribution in [0.3, 0.4) is 0 Å². The first kappa shape index (κ1) is 17.3. The van der Waals surface area contributed by atoms with E-state index in [0.29, 0.717) is 33.4 Å². The average molecular weight is 351 g/mol. The highest BCUT2D eigenvalue weighted by Gasteiger charge is 2.11. The number of amides is 2. The summed E-state index contributed by atoms with van der Waals surface area (Å²) in [5.74, 6) is -0.427. The summed E-state index contributed by atoms with van der Waals surface area (Å²) >= 11 is 11.9. The first-order valence-electron chi connectivity index (χ1n) is 7.16. The Kier molecular flexibility index (Phi) is 6.02. The second kappa shape index (κ2) is 7.99. The zero-order chi connectivity index (χ0) is 16.8. The van der Waals surface area contributed by atoms with Gasteiger partial charge in [0.05, 0.1) is 10.6 Å². The molecule has 0 unspecified atom stereocenters. The SMILES string of the molecule is CCCC(=O)Nc1cccc(NC(=O)c2cc(Cl)ccc2Cl)c1. The zero-order valence-corrected chi connectivity index (χ0v) is 14.0. The summed E-state index contributed by atoms with van der Waals surface area (Å²) in [6.45, 7) is 1.94. The van der Waals surface area contributed by atoms with Crippen LogP contribution in [0.5, 0.6) is 0 Å². The first-order chi connectivity index (χ1) is 11.0. The van der Waals surface area contributed by atoms with E-state index in [1.807, 2.05) is 6.92 Å². The highest BCUT2D eigenvalue weighted by Crippen LogP contribution is 2.22. The van der Waals surface area contributed by atoms with Gasteiger partial charge in [-0.25, -0.2) is 0 Å². The molecule has 0 radical (unpaired) electrons. The van der Waals surface area contributed by atoms with E-state index in [1.165, 1.54) is 6.07 Å². The van der Waals surface area contributed by atoms with Gasteiger partial charge in [-0.3, -0.25) is 9.59 Å². The van der Waals surface area contributed by atoms with E-state index < -0.39 is 0 Å². The second-order valence-electron chi connectivity index (χ2n) is 4.96. The third-order valence-electron chi connectivity index (χ3n) is 3.05. The summed E-state index contributed by atoms with van der Waals surface area (Å²) in [5, 5.41) is 6.27. The molecule has 2 rings (SSSR count). The van der Waals surface area contributed by atoms with Crippen LogP contribution in [-0.4, -0.2) is 11.8 Å². The maximum atomic E-state index is 12.3. The molecule has 0 aliphatic carbocycles. The Balaban J connectivity index is 2.12. The van der Waals surface area contributed by atoms with E-state index >= 15 is 0 Å². The van der Waals surface area contributed by atoms with Gasteiger partial charge in [-0.1, -0.05) is 36.2 Å². The van der Waals surface area contributed by atoms with Crippen molar-refractivity contribution < 1.29 is 9.59 Å². The molecule has 120 valence electrons. The van der Waals surface area contributed by atoms with Gasteiger partial charge >= 0.3 is 0 Å². The Hall–Kier alpha value is -2.04. The monoisotopic (exact) mass is 350 g/mol. The van der Waals surface area contributed by atoms with Crippen LogP contribution in [0.2, 0.25) is 10.0 Å². The third-order valence-corrected chi connectivity index (χ3v) is 3.62. The molecule has 0 saturated heterocycles. The lowest BCUT2D eigenvalue weighted by Gasteiger charge is -2.09. The summed E-state index contributed by atoms with van der Waals surface area (Å²) < 4.78 is 0. The molecule has 0 heterocycles. The molecule has 0 saturated carbocycles. The highest BCUT2D eigenvalue weighted by atomic mass is 35.5. The molecule has 2 N–H and O–H groups in total. The predicted octanol–water partition coefficient (Wildman–Crippen LogP) is 4.98. The fraction of sp³-hybridized carbons (Fsp3) is 0.176. The van der Waals surface area contributed by atoms with Crippen molar-refractivity contribution in [3.8, 4) is 0 Å². The van der Waals surface area contributed by atoms with Gasteiger partial charge in [-0.05, 0) is 42.8 Å². The molecule has 23 heavy (non-hydrogen) atoms. The van der Waals surface area contributed by atoms with Crippen molar-refractivity contribution in [2.75, 3.05) is 10.6 Å². The number of carbonyl (C=O) groups is 2. The van der Waals surface area contributed by atoms with Crippen molar-refractivity contribution >= 4 is 46.4 Å². The lowest BCUT2D eigenvalue weighted by atomic mass is 10.2. The maximum Gasteiger partial charge on any atom is 0.257 e. The van der Waals surface area contributed by atoms with Gasteiger partial charge in [-0.15, -0.1) is 0 Å². The van der Waals surface area contributed by atoms with Crippen LogP contribution in [-0.2, 0) is 4.79 Å². The van der Waals surface area contributed by atoms with Gasteiger partial charge < -0.3 is 10.6 Å². The Morgan fingerprint density at radius 2 is 1.70 bits per heavy atom. The number of anilines is 2. The van der Waals surface area contributed by atoms with E-state index in [0.717, 1.165) is 6.42 Å². The van der Waals surface area contributed by atoms with Crippen LogP contribution < -0.4 is 10.6 Å². The Morgan fingerprint density at radius 3 is 2.39 bits per heavy atom. The van der Waals surface area contributed by atoms with Crippen molar-refractivity contribution in [1.29, 1.82) is 0 Å². The number of rotatable bonds is 5. The summed E-state index contributed by atoms with van der Waals surface area (Å²) in [6.07, 6.45) is 1.23. The molecule has 2 aromatic rings. The minimum atomic E-state index is -0.366. The van der Waals surface area contributed by atoms with Crippen LogP contribution in [0.15, 0.2) is 42.5 Å². The molecular formula is C17H16Cl2N2O2. The Bertz CT molecular complexity index is 732. The fourth-order valence-corrected chi connectivity index (χ4v) is 2.37. The van der Waals surface area contributed by atoms with Gasteiger partial charge in [0.15, 0.2) is 0 Å². The van der Waals surface area contributed by atoms with E-state index in [-0.39, 0.29) is 11.8 Å². The van der Waals surface area contributed by atoms with E-state index in [2.05, 4.69) is 10.6 Å². The lowest BCUT2D eigenvalue weighted by Crippen LogP contribution is -2.14. The van der Waals surface area contributed by atoms with Gasteiger partial charge in [-0.2, -0.15) is 0 Å². The summed E-state index contributed by atoms with van der Waals surface area (Å²) in [7, 11) is 0. The van der Waals surface area contributed by atoms with Crippen LogP contribution in [0.1, 0.15) is 30.1 Å². The normalized spacial score (nSPS) is 10.2. The van der Waals surface area contributed by atoms with Gasteiger partial charge in [0.2, 0.25) is 5.91 Å². The molecule has 0 aliphatic rings. The molecule has 0 aromatic heterocycles. The molecule has 2 amide bonds. The van der Waals surface area contributed by atoms with Crippen LogP contribution in [0, 0.1) is 0 Å².